The molecule has 3 aromatic rings. The standard InChI is InChI=1S/C25H37N4O6.Ir/c1-4-31-17-21-28-22-23(19-7-5-6-8-20(19)27-24(22)26)29(21)18-25(2,3)35-16-15-34-14-13-33-12-11-32-10-9-30;/h5-8,30H,4,9-18H2,1-3H3,(H-,26,27);/q-1;. The molecule has 1 aromatic carbocycles. The summed E-state index contributed by atoms with van der Waals surface area (Å²) in [5.41, 5.74) is 10.1. The van der Waals surface area contributed by atoms with Crippen LogP contribution in [0.3, 0.4) is 0 Å². The predicted octanol–water partition coefficient (Wildman–Crippen LogP) is 3.64. The van der Waals surface area contributed by atoms with Crippen molar-refractivity contribution in [2.24, 2.45) is 0 Å². The summed E-state index contributed by atoms with van der Waals surface area (Å²) >= 11 is 0. The number of ether oxygens (including phenoxy) is 5. The van der Waals surface area contributed by atoms with Crippen LogP contribution in [0.25, 0.3) is 27.7 Å². The third-order valence-electron chi connectivity index (χ3n) is 5.34. The van der Waals surface area contributed by atoms with Gasteiger partial charge in [0, 0.05) is 32.1 Å². The van der Waals surface area contributed by atoms with Crippen molar-refractivity contribution in [3.05, 3.63) is 35.8 Å². The van der Waals surface area contributed by atoms with Gasteiger partial charge in [-0.25, -0.2) is 4.98 Å². The van der Waals surface area contributed by atoms with E-state index < -0.39 is 5.60 Å². The summed E-state index contributed by atoms with van der Waals surface area (Å²) in [5, 5.41) is 9.60. The number of hydrogen-bond acceptors (Lipinski definition) is 8. The van der Waals surface area contributed by atoms with Crippen LogP contribution in [0, 0.1) is 0 Å². The summed E-state index contributed by atoms with van der Waals surface area (Å²) < 4.78 is 30.1. The Hall–Kier alpha value is -1.69. The molecule has 0 fully saturated rings. The van der Waals surface area contributed by atoms with Crippen molar-refractivity contribution < 1.29 is 48.9 Å². The van der Waals surface area contributed by atoms with Crippen molar-refractivity contribution >= 4 is 27.8 Å². The van der Waals surface area contributed by atoms with E-state index in [1.54, 1.807) is 0 Å². The fourth-order valence-corrected chi connectivity index (χ4v) is 3.77. The second-order valence-electron chi connectivity index (χ2n) is 8.59. The Balaban J connectivity index is 0.00000456. The van der Waals surface area contributed by atoms with Crippen LogP contribution < -0.4 is 0 Å². The Morgan fingerprint density at radius 3 is 2.22 bits per heavy atom. The van der Waals surface area contributed by atoms with Gasteiger partial charge in [-0.3, -0.25) is 0 Å². The zero-order valence-electron chi connectivity index (χ0n) is 21.3. The first-order valence-corrected chi connectivity index (χ1v) is 12.0. The molecule has 0 atom stereocenters. The number of rotatable bonds is 17. The average Bonchev–Trinajstić information content (AvgIpc) is 3.19. The maximum absolute atomic E-state index is 8.65. The quantitative estimate of drug-likeness (QED) is 0.215. The van der Waals surface area contributed by atoms with Gasteiger partial charge in [-0.1, -0.05) is 24.3 Å². The van der Waals surface area contributed by atoms with Gasteiger partial charge in [0.2, 0.25) is 0 Å². The second kappa shape index (κ2) is 15.5. The van der Waals surface area contributed by atoms with E-state index in [9.17, 15) is 0 Å². The van der Waals surface area contributed by atoms with Crippen molar-refractivity contribution in [1.82, 2.24) is 14.5 Å². The smallest absolute Gasteiger partial charge is 0.136 e. The van der Waals surface area contributed by atoms with E-state index in [0.29, 0.717) is 71.5 Å². The third-order valence-corrected chi connectivity index (χ3v) is 5.34. The van der Waals surface area contributed by atoms with Gasteiger partial charge >= 0.3 is 0 Å². The first kappa shape index (κ1) is 30.5. The molecule has 1 radical (unpaired) electrons. The Kier molecular flexibility index (Phi) is 13.2. The van der Waals surface area contributed by atoms with Gasteiger partial charge in [0.1, 0.15) is 12.4 Å². The van der Waals surface area contributed by atoms with Crippen LogP contribution in [0.5, 0.6) is 0 Å². The molecule has 0 saturated carbocycles. The van der Waals surface area contributed by atoms with Crippen molar-refractivity contribution in [3.8, 4) is 0 Å². The van der Waals surface area contributed by atoms with Crippen LogP contribution in [0.15, 0.2) is 24.3 Å². The zero-order chi connectivity index (χ0) is 25.1. The molecule has 0 aliphatic heterocycles. The number of para-hydroxylation sites is 1. The van der Waals surface area contributed by atoms with Gasteiger partial charge in [-0.2, -0.15) is 0 Å². The molecule has 2 N–H and O–H groups in total. The number of nitrogens with zero attached hydrogens (tertiary/aromatic N) is 3. The summed E-state index contributed by atoms with van der Waals surface area (Å²) in [6, 6.07) is 7.82. The number of benzene rings is 1. The fraction of sp³-hybridized carbons (Fsp3) is 0.600. The molecule has 0 aliphatic carbocycles. The van der Waals surface area contributed by atoms with Crippen LogP contribution in [-0.4, -0.2) is 84.7 Å². The number of aliphatic hydroxyl groups excluding tert-OH is 1. The molecule has 36 heavy (non-hydrogen) atoms. The van der Waals surface area contributed by atoms with E-state index in [0.717, 1.165) is 22.2 Å². The molecule has 0 amide bonds. The van der Waals surface area contributed by atoms with E-state index in [1.807, 2.05) is 45.0 Å². The average molecular weight is 682 g/mol. The molecule has 0 aliphatic rings. The van der Waals surface area contributed by atoms with E-state index in [1.165, 1.54) is 0 Å². The predicted molar refractivity (Wildman–Crippen MR) is 134 cm³/mol. The largest absolute Gasteiger partial charge is 0.480 e. The van der Waals surface area contributed by atoms with Crippen molar-refractivity contribution in [2.45, 2.75) is 39.5 Å². The van der Waals surface area contributed by atoms with E-state index in [2.05, 4.69) is 9.55 Å². The molecule has 3 rings (SSSR count). The summed E-state index contributed by atoms with van der Waals surface area (Å²) in [6.45, 7) is 10.6. The van der Waals surface area contributed by atoms with Gasteiger partial charge in [0.15, 0.2) is 0 Å². The molecule has 203 valence electrons. The molecule has 0 saturated heterocycles. The molecule has 0 spiro atoms. The summed E-state index contributed by atoms with van der Waals surface area (Å²) in [6.07, 6.45) is 0. The van der Waals surface area contributed by atoms with Crippen LogP contribution in [0.1, 0.15) is 26.6 Å². The number of nitrogens with one attached hydrogen (secondary N) is 1. The van der Waals surface area contributed by atoms with Gasteiger partial charge in [-0.15, -0.1) is 0 Å². The van der Waals surface area contributed by atoms with Crippen LogP contribution in [-0.2, 0) is 56.9 Å². The summed E-state index contributed by atoms with van der Waals surface area (Å²) in [4.78, 5) is 9.14. The number of aromatic nitrogens is 3. The zero-order valence-corrected chi connectivity index (χ0v) is 23.6. The van der Waals surface area contributed by atoms with E-state index >= 15 is 0 Å². The minimum absolute atomic E-state index is 0. The van der Waals surface area contributed by atoms with E-state index in [4.69, 9.17) is 39.5 Å². The topological polar surface area (TPSA) is 121 Å². The van der Waals surface area contributed by atoms with Gasteiger partial charge < -0.3 is 44.1 Å². The van der Waals surface area contributed by atoms with Crippen molar-refractivity contribution in [1.29, 1.82) is 0 Å². The number of fused-ring (bicyclic) bond motifs is 3. The third kappa shape index (κ3) is 8.71. The number of hydrogen-bond donors (Lipinski definition) is 1. The Labute approximate surface area is 225 Å². The Bertz CT molecular complexity index is 1060. The molecule has 2 heterocycles. The fourth-order valence-electron chi connectivity index (χ4n) is 3.77. The van der Waals surface area contributed by atoms with Crippen LogP contribution in [0.4, 0.5) is 5.82 Å². The van der Waals surface area contributed by atoms with Crippen molar-refractivity contribution in [2.75, 3.05) is 59.5 Å². The van der Waals surface area contributed by atoms with Crippen molar-refractivity contribution in [3.63, 3.8) is 0 Å². The van der Waals surface area contributed by atoms with E-state index in [-0.39, 0.29) is 32.5 Å². The second-order valence-corrected chi connectivity index (χ2v) is 8.59. The van der Waals surface area contributed by atoms with Gasteiger partial charge in [0.25, 0.3) is 0 Å². The molecular formula is C25H37IrN4O6-. The first-order valence-electron chi connectivity index (χ1n) is 12.0. The minimum atomic E-state index is -0.509. The number of pyridine rings is 1. The molecular weight excluding hydrogens is 645 g/mol. The van der Waals surface area contributed by atoms with Crippen LogP contribution >= 0.6 is 0 Å². The summed E-state index contributed by atoms with van der Waals surface area (Å²) in [5.74, 6) is 0.908. The maximum atomic E-state index is 8.65. The summed E-state index contributed by atoms with van der Waals surface area (Å²) in [7, 11) is 0. The molecule has 10 nitrogen and oxygen atoms in total. The Morgan fingerprint density at radius 1 is 0.917 bits per heavy atom. The Morgan fingerprint density at radius 2 is 1.56 bits per heavy atom. The SMILES string of the molecule is CCOCc1nc2c([NH-])nc3ccccc3c2n1CC(C)(C)OCCOCCOCCOCCO.[Ir]. The number of aliphatic hydroxyl groups is 1. The molecule has 0 bridgehead atoms. The molecule has 0 unspecified atom stereocenters. The van der Waals surface area contributed by atoms with Gasteiger partial charge in [0.05, 0.1) is 76.0 Å². The minimum Gasteiger partial charge on any atom is -0.480 e. The first-order chi connectivity index (χ1) is 17.0. The maximum Gasteiger partial charge on any atom is 0.136 e. The molecule has 11 heteroatoms. The molecule has 2 aromatic heterocycles. The monoisotopic (exact) mass is 682 g/mol. The van der Waals surface area contributed by atoms with Gasteiger partial charge in [-0.05, 0) is 32.1 Å². The number of imidazole rings is 1. The normalized spacial score (nSPS) is 11.9. The van der Waals surface area contributed by atoms with Crippen LogP contribution in [0.2, 0.25) is 0 Å².